The lowest BCUT2D eigenvalue weighted by molar-refractivity contribution is 0.174. The molecule has 0 amide bonds. The maximum absolute atomic E-state index is 4.57. The zero-order valence-corrected chi connectivity index (χ0v) is 15.7. The van der Waals surface area contributed by atoms with Crippen LogP contribution in [-0.4, -0.2) is 34.1 Å². The number of benzene rings is 1. The van der Waals surface area contributed by atoms with Crippen LogP contribution < -0.4 is 0 Å². The predicted molar refractivity (Wildman–Crippen MR) is 103 cm³/mol. The lowest BCUT2D eigenvalue weighted by Gasteiger charge is -2.32. The second kappa shape index (κ2) is 8.15. The van der Waals surface area contributed by atoms with E-state index in [-0.39, 0.29) is 0 Å². The van der Waals surface area contributed by atoms with E-state index in [0.29, 0.717) is 0 Å². The van der Waals surface area contributed by atoms with Crippen molar-refractivity contribution in [1.29, 1.82) is 0 Å². The van der Waals surface area contributed by atoms with Crippen molar-refractivity contribution >= 4 is 11.0 Å². The van der Waals surface area contributed by atoms with Crippen LogP contribution in [-0.2, 0) is 6.54 Å². The number of hydrogen-bond acceptors (Lipinski definition) is 2. The highest BCUT2D eigenvalue weighted by Gasteiger charge is 2.18. The molecule has 1 saturated heterocycles. The van der Waals surface area contributed by atoms with Gasteiger partial charge in [-0.3, -0.25) is 0 Å². The molecule has 24 heavy (non-hydrogen) atoms. The Labute approximate surface area is 147 Å². The first-order valence-electron chi connectivity index (χ1n) is 9.82. The molecule has 0 radical (unpaired) electrons. The molecule has 132 valence electrons. The average molecular weight is 328 g/mol. The molecular weight excluding hydrogens is 294 g/mol. The Bertz CT molecular complexity index is 650. The van der Waals surface area contributed by atoms with E-state index in [1.54, 1.807) is 0 Å². The Morgan fingerprint density at radius 1 is 1.04 bits per heavy atom. The SMILES string of the molecule is CCCCC1CCN(CCCn2cnc3cc(C)c(C)cc32)CC1. The Hall–Kier alpha value is -1.35. The molecule has 0 saturated carbocycles. The molecule has 2 heterocycles. The minimum atomic E-state index is 0.991. The van der Waals surface area contributed by atoms with Gasteiger partial charge in [0.25, 0.3) is 0 Å². The van der Waals surface area contributed by atoms with E-state index in [1.807, 2.05) is 6.33 Å². The highest BCUT2D eigenvalue weighted by Crippen LogP contribution is 2.23. The van der Waals surface area contributed by atoms with Crippen molar-refractivity contribution < 1.29 is 0 Å². The first-order chi connectivity index (χ1) is 11.7. The van der Waals surface area contributed by atoms with Crippen LogP contribution in [0.2, 0.25) is 0 Å². The van der Waals surface area contributed by atoms with E-state index in [9.17, 15) is 0 Å². The van der Waals surface area contributed by atoms with Crippen molar-refractivity contribution in [2.24, 2.45) is 5.92 Å². The lowest BCUT2D eigenvalue weighted by Crippen LogP contribution is -2.34. The van der Waals surface area contributed by atoms with E-state index in [0.717, 1.165) is 18.0 Å². The number of nitrogens with zero attached hydrogens (tertiary/aromatic N) is 3. The third kappa shape index (κ3) is 4.18. The summed E-state index contributed by atoms with van der Waals surface area (Å²) in [6.45, 7) is 11.6. The van der Waals surface area contributed by atoms with Gasteiger partial charge in [0.2, 0.25) is 0 Å². The van der Waals surface area contributed by atoms with Gasteiger partial charge in [-0.05, 0) is 81.9 Å². The summed E-state index contributed by atoms with van der Waals surface area (Å²) in [5.74, 6) is 0.991. The van der Waals surface area contributed by atoms with Crippen LogP contribution in [0.3, 0.4) is 0 Å². The Kier molecular flexibility index (Phi) is 5.94. The lowest BCUT2D eigenvalue weighted by atomic mass is 9.91. The molecule has 1 aliphatic rings. The van der Waals surface area contributed by atoms with Crippen LogP contribution in [0.15, 0.2) is 18.5 Å². The standard InChI is InChI=1S/C21H33N3/c1-4-5-7-19-8-12-23(13-9-19)10-6-11-24-16-22-20-14-17(2)18(3)15-21(20)24/h14-16,19H,4-13H2,1-3H3. The molecule has 1 aromatic carbocycles. The number of rotatable bonds is 7. The normalized spacial score (nSPS) is 17.0. The topological polar surface area (TPSA) is 21.1 Å². The fraction of sp³-hybridized carbons (Fsp3) is 0.667. The molecule has 0 unspecified atom stereocenters. The number of aryl methyl sites for hydroxylation is 3. The third-order valence-corrected chi connectivity index (χ3v) is 5.78. The molecule has 1 aliphatic heterocycles. The quantitative estimate of drug-likeness (QED) is 0.718. The van der Waals surface area contributed by atoms with Crippen LogP contribution in [0, 0.1) is 19.8 Å². The van der Waals surface area contributed by atoms with E-state index >= 15 is 0 Å². The summed E-state index contributed by atoms with van der Waals surface area (Å²) in [6.07, 6.45) is 10.3. The number of likely N-dealkylation sites (tertiary alicyclic amines) is 1. The van der Waals surface area contributed by atoms with Gasteiger partial charge in [0.05, 0.1) is 17.4 Å². The van der Waals surface area contributed by atoms with Gasteiger partial charge in [-0.15, -0.1) is 0 Å². The minimum Gasteiger partial charge on any atom is -0.331 e. The van der Waals surface area contributed by atoms with Crippen molar-refractivity contribution in [2.75, 3.05) is 19.6 Å². The first kappa shape index (κ1) is 17.5. The van der Waals surface area contributed by atoms with Gasteiger partial charge in [0.15, 0.2) is 0 Å². The maximum atomic E-state index is 4.57. The summed E-state index contributed by atoms with van der Waals surface area (Å²) in [6, 6.07) is 4.50. The van der Waals surface area contributed by atoms with Gasteiger partial charge in [0, 0.05) is 6.54 Å². The van der Waals surface area contributed by atoms with Gasteiger partial charge in [0.1, 0.15) is 0 Å². The molecule has 1 aromatic heterocycles. The summed E-state index contributed by atoms with van der Waals surface area (Å²) in [7, 11) is 0. The zero-order chi connectivity index (χ0) is 16.9. The monoisotopic (exact) mass is 327 g/mol. The van der Waals surface area contributed by atoms with Gasteiger partial charge < -0.3 is 9.47 Å². The van der Waals surface area contributed by atoms with Crippen molar-refractivity contribution in [2.45, 2.75) is 65.8 Å². The molecule has 0 aliphatic carbocycles. The second-order valence-corrected chi connectivity index (χ2v) is 7.64. The Morgan fingerprint density at radius 2 is 1.79 bits per heavy atom. The van der Waals surface area contributed by atoms with Crippen molar-refractivity contribution in [3.8, 4) is 0 Å². The summed E-state index contributed by atoms with van der Waals surface area (Å²) < 4.78 is 2.33. The zero-order valence-electron chi connectivity index (χ0n) is 15.7. The number of fused-ring (bicyclic) bond motifs is 1. The molecule has 3 rings (SSSR count). The highest BCUT2D eigenvalue weighted by atomic mass is 15.1. The Balaban J connectivity index is 1.47. The largest absolute Gasteiger partial charge is 0.331 e. The molecule has 3 heteroatoms. The number of piperidine rings is 1. The van der Waals surface area contributed by atoms with Crippen LogP contribution in [0.1, 0.15) is 56.6 Å². The highest BCUT2D eigenvalue weighted by molar-refractivity contribution is 5.77. The van der Waals surface area contributed by atoms with Crippen LogP contribution in [0.25, 0.3) is 11.0 Å². The molecule has 3 nitrogen and oxygen atoms in total. The van der Waals surface area contributed by atoms with Crippen molar-refractivity contribution in [1.82, 2.24) is 14.5 Å². The van der Waals surface area contributed by atoms with Gasteiger partial charge >= 0.3 is 0 Å². The molecular formula is C21H33N3. The summed E-state index contributed by atoms with van der Waals surface area (Å²) >= 11 is 0. The molecule has 0 spiro atoms. The number of unbranched alkanes of at least 4 members (excludes halogenated alkanes) is 1. The van der Waals surface area contributed by atoms with E-state index < -0.39 is 0 Å². The number of hydrogen-bond donors (Lipinski definition) is 0. The number of imidazole rings is 1. The fourth-order valence-electron chi connectivity index (χ4n) is 3.95. The van der Waals surface area contributed by atoms with Crippen LogP contribution >= 0.6 is 0 Å². The van der Waals surface area contributed by atoms with E-state index in [2.05, 4.69) is 47.4 Å². The smallest absolute Gasteiger partial charge is 0.0958 e. The van der Waals surface area contributed by atoms with Crippen molar-refractivity contribution in [3.05, 3.63) is 29.6 Å². The van der Waals surface area contributed by atoms with Crippen molar-refractivity contribution in [3.63, 3.8) is 0 Å². The predicted octanol–water partition coefficient (Wildman–Crippen LogP) is 4.95. The first-order valence-corrected chi connectivity index (χ1v) is 9.82. The average Bonchev–Trinajstić information content (AvgIpc) is 2.96. The minimum absolute atomic E-state index is 0.991. The Morgan fingerprint density at radius 3 is 2.54 bits per heavy atom. The molecule has 2 aromatic rings. The maximum Gasteiger partial charge on any atom is 0.0958 e. The van der Waals surface area contributed by atoms with Crippen LogP contribution in [0.4, 0.5) is 0 Å². The summed E-state index contributed by atoms with van der Waals surface area (Å²) in [4.78, 5) is 7.24. The van der Waals surface area contributed by atoms with Gasteiger partial charge in [-0.1, -0.05) is 26.2 Å². The summed E-state index contributed by atoms with van der Waals surface area (Å²) in [5.41, 5.74) is 5.11. The molecule has 0 N–H and O–H groups in total. The van der Waals surface area contributed by atoms with E-state index in [4.69, 9.17) is 0 Å². The number of aromatic nitrogens is 2. The third-order valence-electron chi connectivity index (χ3n) is 5.78. The van der Waals surface area contributed by atoms with Gasteiger partial charge in [-0.2, -0.15) is 0 Å². The molecule has 0 bridgehead atoms. The van der Waals surface area contributed by atoms with Gasteiger partial charge in [-0.25, -0.2) is 4.98 Å². The second-order valence-electron chi connectivity index (χ2n) is 7.64. The molecule has 1 fully saturated rings. The van der Waals surface area contributed by atoms with Crippen LogP contribution in [0.5, 0.6) is 0 Å². The fourth-order valence-corrected chi connectivity index (χ4v) is 3.95. The molecule has 0 atom stereocenters. The summed E-state index contributed by atoms with van der Waals surface area (Å²) in [5, 5.41) is 0. The van der Waals surface area contributed by atoms with E-state index in [1.165, 1.54) is 74.8 Å².